The topological polar surface area (TPSA) is 103 Å². The minimum absolute atomic E-state index is 0.136. The summed E-state index contributed by atoms with van der Waals surface area (Å²) in [5, 5.41) is 20.0. The van der Waals surface area contributed by atoms with Crippen LogP contribution in [0.4, 0.5) is 0 Å². The van der Waals surface area contributed by atoms with Crippen LogP contribution in [0.2, 0.25) is 0 Å². The van der Waals surface area contributed by atoms with Gasteiger partial charge >= 0.3 is 0 Å². The number of fused-ring (bicyclic) bond motifs is 1. The van der Waals surface area contributed by atoms with E-state index in [4.69, 9.17) is 5.21 Å². The predicted octanol–water partition coefficient (Wildman–Crippen LogP) is 2.63. The molecule has 7 nitrogen and oxygen atoms in total. The average Bonchev–Trinajstić information content (AvgIpc) is 3.33. The number of hydrogen-bond donors (Lipinski definition) is 3. The van der Waals surface area contributed by atoms with Gasteiger partial charge in [-0.2, -0.15) is 0 Å². The largest absolute Gasteiger partial charge is 0.382 e. The van der Waals surface area contributed by atoms with Crippen molar-refractivity contribution in [3.05, 3.63) is 29.3 Å². The summed E-state index contributed by atoms with van der Waals surface area (Å²) in [6, 6.07) is 7.73. The normalized spacial score (nSPS) is 19.2. The molecule has 2 amide bonds. The van der Waals surface area contributed by atoms with Crippen LogP contribution in [0, 0.1) is 5.92 Å². The van der Waals surface area contributed by atoms with E-state index in [-0.39, 0.29) is 11.9 Å². The summed E-state index contributed by atoms with van der Waals surface area (Å²) in [7, 11) is 0. The molecule has 0 bridgehead atoms. The van der Waals surface area contributed by atoms with E-state index in [1.807, 2.05) is 31.2 Å². The second-order valence-corrected chi connectivity index (χ2v) is 7.94. The van der Waals surface area contributed by atoms with E-state index >= 15 is 0 Å². The highest BCUT2D eigenvalue weighted by atomic mass is 32.1. The highest BCUT2D eigenvalue weighted by molar-refractivity contribution is 7.18. The Hall–Kier alpha value is -2.03. The van der Waals surface area contributed by atoms with E-state index in [2.05, 4.69) is 4.98 Å². The minimum Gasteiger partial charge on any atom is -0.382 e. The molecule has 3 atom stereocenters. The molecule has 0 aliphatic carbocycles. The quantitative estimate of drug-likeness (QED) is 0.497. The number of amides is 2. The number of aliphatic hydroxyl groups is 1. The van der Waals surface area contributed by atoms with Crippen LogP contribution in [-0.4, -0.2) is 44.7 Å². The zero-order valence-electron chi connectivity index (χ0n) is 15.3. The van der Waals surface area contributed by atoms with Crippen LogP contribution in [0.1, 0.15) is 50.1 Å². The molecule has 2 aromatic rings. The molecule has 2 heterocycles. The highest BCUT2D eigenvalue weighted by Crippen LogP contribution is 2.37. The van der Waals surface area contributed by atoms with Gasteiger partial charge in [0.2, 0.25) is 5.91 Å². The van der Waals surface area contributed by atoms with Crippen molar-refractivity contribution in [1.82, 2.24) is 15.4 Å². The molecule has 1 fully saturated rings. The first-order valence-corrected chi connectivity index (χ1v) is 10.2. The second kappa shape index (κ2) is 8.77. The van der Waals surface area contributed by atoms with Crippen LogP contribution in [0.15, 0.2) is 24.3 Å². The first kappa shape index (κ1) is 19.7. The van der Waals surface area contributed by atoms with Crippen LogP contribution in [0.3, 0.4) is 0 Å². The number of unbranched alkanes of at least 4 members (excludes halogenated alkanes) is 1. The van der Waals surface area contributed by atoms with E-state index in [1.165, 1.54) is 5.48 Å². The second-order valence-electron chi connectivity index (χ2n) is 6.88. The molecule has 1 aromatic carbocycles. The summed E-state index contributed by atoms with van der Waals surface area (Å²) < 4.78 is 1.08. The van der Waals surface area contributed by atoms with Crippen LogP contribution in [0.25, 0.3) is 10.2 Å². The van der Waals surface area contributed by atoms with Gasteiger partial charge in [-0.1, -0.05) is 31.9 Å². The van der Waals surface area contributed by atoms with Gasteiger partial charge < -0.3 is 10.0 Å². The molecule has 1 aliphatic rings. The molecule has 3 unspecified atom stereocenters. The molecular formula is C19H25N3O4S. The van der Waals surface area contributed by atoms with Crippen molar-refractivity contribution in [3.8, 4) is 0 Å². The van der Waals surface area contributed by atoms with Gasteiger partial charge in [0.05, 0.1) is 22.2 Å². The first-order valence-electron chi connectivity index (χ1n) is 9.34. The maximum absolute atomic E-state index is 13.2. The Morgan fingerprint density at radius 1 is 1.41 bits per heavy atom. The van der Waals surface area contributed by atoms with Crippen molar-refractivity contribution in [2.75, 3.05) is 6.54 Å². The number of benzene rings is 1. The number of nitrogens with zero attached hydrogens (tertiary/aromatic N) is 2. The summed E-state index contributed by atoms with van der Waals surface area (Å²) in [5.41, 5.74) is 2.37. The van der Waals surface area contributed by atoms with Crippen molar-refractivity contribution in [3.63, 3.8) is 0 Å². The summed E-state index contributed by atoms with van der Waals surface area (Å²) in [6.45, 7) is 2.56. The van der Waals surface area contributed by atoms with Gasteiger partial charge in [0, 0.05) is 6.54 Å². The number of thiazole rings is 1. The van der Waals surface area contributed by atoms with Gasteiger partial charge in [0.15, 0.2) is 0 Å². The van der Waals surface area contributed by atoms with Crippen LogP contribution >= 0.6 is 11.3 Å². The number of hydrogen-bond acceptors (Lipinski definition) is 6. The number of aliphatic hydroxyl groups excluding tert-OH is 1. The lowest BCUT2D eigenvalue weighted by molar-refractivity contribution is -0.151. The highest BCUT2D eigenvalue weighted by Gasteiger charge is 2.40. The molecule has 0 saturated carbocycles. The third kappa shape index (κ3) is 4.12. The van der Waals surface area contributed by atoms with Crippen molar-refractivity contribution in [1.29, 1.82) is 0 Å². The smallest absolute Gasteiger partial charge is 0.272 e. The first-order chi connectivity index (χ1) is 13.1. The van der Waals surface area contributed by atoms with Gasteiger partial charge in [-0.15, -0.1) is 11.3 Å². The number of aromatic nitrogens is 1. The molecule has 27 heavy (non-hydrogen) atoms. The Bertz CT molecular complexity index is 776. The van der Waals surface area contributed by atoms with E-state index in [0.29, 0.717) is 19.4 Å². The Balaban J connectivity index is 1.84. The molecule has 3 rings (SSSR count). The zero-order chi connectivity index (χ0) is 19.4. The third-order valence-electron chi connectivity index (χ3n) is 5.08. The fourth-order valence-corrected chi connectivity index (χ4v) is 4.74. The Morgan fingerprint density at radius 3 is 2.89 bits per heavy atom. The van der Waals surface area contributed by atoms with E-state index < -0.39 is 17.9 Å². The average molecular weight is 391 g/mol. The van der Waals surface area contributed by atoms with E-state index in [1.54, 1.807) is 16.2 Å². The van der Waals surface area contributed by atoms with Crippen LogP contribution in [-0.2, 0) is 9.59 Å². The molecular weight excluding hydrogens is 366 g/mol. The van der Waals surface area contributed by atoms with Crippen LogP contribution in [0.5, 0.6) is 0 Å². The lowest BCUT2D eigenvalue weighted by Gasteiger charge is -2.29. The Morgan fingerprint density at radius 2 is 2.19 bits per heavy atom. The maximum Gasteiger partial charge on any atom is 0.272 e. The van der Waals surface area contributed by atoms with Gasteiger partial charge in [-0.05, 0) is 31.4 Å². The number of likely N-dealkylation sites (tertiary alicyclic amines) is 1. The minimum atomic E-state index is -1.56. The van der Waals surface area contributed by atoms with Crippen molar-refractivity contribution >= 4 is 33.4 Å². The summed E-state index contributed by atoms with van der Waals surface area (Å²) in [6.07, 6.45) is 2.06. The van der Waals surface area contributed by atoms with Gasteiger partial charge in [0.1, 0.15) is 11.1 Å². The third-order valence-corrected chi connectivity index (χ3v) is 6.21. The number of carbonyl (C=O) groups excluding carboxylic acids is 2. The molecule has 8 heteroatoms. The molecule has 1 aliphatic heterocycles. The monoisotopic (exact) mass is 391 g/mol. The molecule has 0 spiro atoms. The maximum atomic E-state index is 13.2. The summed E-state index contributed by atoms with van der Waals surface area (Å²) in [4.78, 5) is 31.3. The zero-order valence-corrected chi connectivity index (χ0v) is 16.1. The fraction of sp³-hybridized carbons (Fsp3) is 0.526. The number of hydroxylamine groups is 1. The van der Waals surface area contributed by atoms with E-state index in [9.17, 15) is 14.7 Å². The van der Waals surface area contributed by atoms with Crippen molar-refractivity contribution in [2.45, 2.75) is 51.2 Å². The molecule has 1 aromatic heterocycles. The SMILES string of the molecule is CCCCC(C(=O)N1CCCC1c1nc2ccccc2s1)C(O)C(=O)NO. The number of rotatable bonds is 7. The molecule has 1 saturated heterocycles. The number of nitrogens with one attached hydrogen (secondary N) is 1. The van der Waals surface area contributed by atoms with E-state index in [0.717, 1.165) is 34.5 Å². The Labute approximate surface area is 162 Å². The molecule has 3 N–H and O–H groups in total. The molecule has 0 radical (unpaired) electrons. The lowest BCUT2D eigenvalue weighted by atomic mass is 9.93. The number of para-hydroxylation sites is 1. The van der Waals surface area contributed by atoms with Gasteiger partial charge in [-0.25, -0.2) is 10.5 Å². The summed E-state index contributed by atoms with van der Waals surface area (Å²) in [5.74, 6) is -2.06. The van der Waals surface area contributed by atoms with Gasteiger partial charge in [0.25, 0.3) is 5.91 Å². The fourth-order valence-electron chi connectivity index (χ4n) is 3.62. The van der Waals surface area contributed by atoms with Crippen molar-refractivity contribution < 1.29 is 19.9 Å². The number of carbonyl (C=O) groups is 2. The Kier molecular flexibility index (Phi) is 6.41. The lowest BCUT2D eigenvalue weighted by Crippen LogP contribution is -2.46. The molecule has 146 valence electrons. The predicted molar refractivity (Wildman–Crippen MR) is 102 cm³/mol. The standard InChI is InChI=1S/C19H25N3O4S/c1-2-3-7-12(16(23)17(24)21-26)19(25)22-11-6-9-14(22)18-20-13-8-4-5-10-15(13)27-18/h4-5,8,10,12,14,16,23,26H,2-3,6-7,9,11H2,1H3,(H,21,24). The van der Waals surface area contributed by atoms with Crippen LogP contribution < -0.4 is 5.48 Å². The summed E-state index contributed by atoms with van der Waals surface area (Å²) >= 11 is 1.58. The van der Waals surface area contributed by atoms with Gasteiger partial charge in [-0.3, -0.25) is 14.8 Å². The van der Waals surface area contributed by atoms with Crippen molar-refractivity contribution in [2.24, 2.45) is 5.92 Å².